The quantitative estimate of drug-likeness (QED) is 0.630. The van der Waals surface area contributed by atoms with Crippen molar-refractivity contribution in [1.82, 2.24) is 9.97 Å². The molecule has 1 atom stereocenters. The van der Waals surface area contributed by atoms with Crippen LogP contribution in [0.2, 0.25) is 0 Å². The van der Waals surface area contributed by atoms with Crippen LogP contribution in [0.3, 0.4) is 0 Å². The summed E-state index contributed by atoms with van der Waals surface area (Å²) in [6, 6.07) is 8.19. The first kappa shape index (κ1) is 16.4. The lowest BCUT2D eigenvalue weighted by molar-refractivity contribution is 0.332. The molecule has 0 amide bonds. The number of thioether (sulfide) groups is 1. The van der Waals surface area contributed by atoms with E-state index in [4.69, 9.17) is 9.92 Å². The van der Waals surface area contributed by atoms with Crippen LogP contribution in [-0.2, 0) is 4.18 Å². The van der Waals surface area contributed by atoms with Crippen LogP contribution in [-0.4, -0.2) is 34.6 Å². The van der Waals surface area contributed by atoms with Crippen LogP contribution in [0.4, 0.5) is 11.6 Å². The van der Waals surface area contributed by atoms with E-state index in [-0.39, 0.29) is 0 Å². The summed E-state index contributed by atoms with van der Waals surface area (Å²) in [6.07, 6.45) is 6.01. The van der Waals surface area contributed by atoms with E-state index in [9.17, 15) is 0 Å². The van der Waals surface area contributed by atoms with Gasteiger partial charge in [-0.1, -0.05) is 12.1 Å². The van der Waals surface area contributed by atoms with E-state index < -0.39 is 0 Å². The van der Waals surface area contributed by atoms with Gasteiger partial charge in [0.25, 0.3) is 0 Å². The summed E-state index contributed by atoms with van der Waals surface area (Å²) in [6.45, 7) is 1.66. The molecule has 122 valence electrons. The Labute approximate surface area is 145 Å². The van der Waals surface area contributed by atoms with E-state index in [0.717, 1.165) is 43.1 Å². The van der Waals surface area contributed by atoms with Crippen LogP contribution in [0.1, 0.15) is 12.8 Å². The van der Waals surface area contributed by atoms with Crippen molar-refractivity contribution in [2.45, 2.75) is 23.0 Å². The third-order valence-electron chi connectivity index (χ3n) is 3.63. The van der Waals surface area contributed by atoms with Crippen molar-refractivity contribution in [2.75, 3.05) is 30.5 Å². The highest BCUT2D eigenvalue weighted by Crippen LogP contribution is 2.27. The molecule has 5 nitrogen and oxygen atoms in total. The van der Waals surface area contributed by atoms with E-state index in [0.29, 0.717) is 11.1 Å². The van der Waals surface area contributed by atoms with Crippen molar-refractivity contribution in [3.05, 3.63) is 30.5 Å². The molecule has 23 heavy (non-hydrogen) atoms. The van der Waals surface area contributed by atoms with Crippen LogP contribution in [0.5, 0.6) is 0 Å². The number of nitrogen functional groups attached to an aromatic ring is 1. The Morgan fingerprint density at radius 1 is 1.39 bits per heavy atom. The molecule has 1 aromatic carbocycles. The van der Waals surface area contributed by atoms with Crippen molar-refractivity contribution >= 4 is 35.4 Å². The summed E-state index contributed by atoms with van der Waals surface area (Å²) in [7, 11) is 0. The lowest BCUT2D eigenvalue weighted by Crippen LogP contribution is -2.21. The van der Waals surface area contributed by atoms with E-state index >= 15 is 0 Å². The largest absolute Gasteiger partial charge is 0.382 e. The smallest absolute Gasteiger partial charge is 0.150 e. The van der Waals surface area contributed by atoms with Gasteiger partial charge in [-0.2, -0.15) is 0 Å². The zero-order valence-electron chi connectivity index (χ0n) is 13.0. The fraction of sp³-hybridized carbons (Fsp3) is 0.375. The Hall–Kier alpha value is -1.44. The monoisotopic (exact) mass is 348 g/mol. The van der Waals surface area contributed by atoms with E-state index in [1.54, 1.807) is 30.0 Å². The molecule has 1 aromatic heterocycles. The zero-order chi connectivity index (χ0) is 16.1. The lowest BCUT2D eigenvalue weighted by atomic mass is 10.1. The molecular weight excluding hydrogens is 328 g/mol. The molecule has 1 unspecified atom stereocenters. The second kappa shape index (κ2) is 7.90. The van der Waals surface area contributed by atoms with Gasteiger partial charge in [0.15, 0.2) is 0 Å². The van der Waals surface area contributed by atoms with Crippen molar-refractivity contribution in [3.63, 3.8) is 0 Å². The van der Waals surface area contributed by atoms with Gasteiger partial charge in [0.1, 0.15) is 17.3 Å². The maximum absolute atomic E-state index is 6.00. The second-order valence-electron chi connectivity index (χ2n) is 5.28. The van der Waals surface area contributed by atoms with Crippen LogP contribution < -0.4 is 11.1 Å². The first-order valence-corrected chi connectivity index (χ1v) is 9.58. The number of nitrogens with one attached hydrogen (secondary N) is 1. The number of nitrogens with zero attached hydrogens (tertiary/aromatic N) is 2. The molecule has 2 heterocycles. The Kier molecular flexibility index (Phi) is 5.64. The second-order valence-corrected chi connectivity index (χ2v) is 7.26. The molecule has 3 N–H and O–H groups in total. The van der Waals surface area contributed by atoms with Crippen molar-refractivity contribution < 1.29 is 4.18 Å². The van der Waals surface area contributed by atoms with Crippen molar-refractivity contribution in [1.29, 1.82) is 0 Å². The van der Waals surface area contributed by atoms with Gasteiger partial charge >= 0.3 is 0 Å². The third-order valence-corrected chi connectivity index (χ3v) is 5.35. The third kappa shape index (κ3) is 4.31. The SMILES string of the molecule is CSc1ccc(-c2nc(NCC3CCCOS3)cnc2N)cc1. The minimum atomic E-state index is 0.447. The molecule has 0 saturated carbocycles. The molecule has 0 bridgehead atoms. The molecule has 0 radical (unpaired) electrons. The number of benzene rings is 1. The summed E-state index contributed by atoms with van der Waals surface area (Å²) in [5, 5.41) is 3.79. The zero-order valence-corrected chi connectivity index (χ0v) is 14.6. The lowest BCUT2D eigenvalue weighted by Gasteiger charge is -2.21. The Bertz CT molecular complexity index is 645. The molecule has 0 aliphatic carbocycles. The average molecular weight is 348 g/mol. The Morgan fingerprint density at radius 2 is 2.22 bits per heavy atom. The number of rotatable bonds is 5. The van der Waals surface area contributed by atoms with Crippen LogP contribution in [0.25, 0.3) is 11.3 Å². The number of aromatic nitrogens is 2. The van der Waals surface area contributed by atoms with Gasteiger partial charge in [-0.3, -0.25) is 0 Å². The van der Waals surface area contributed by atoms with Crippen molar-refractivity contribution in [2.24, 2.45) is 0 Å². The molecule has 2 aromatic rings. The first-order valence-electron chi connectivity index (χ1n) is 7.55. The Balaban J connectivity index is 1.72. The van der Waals surface area contributed by atoms with Gasteiger partial charge in [-0.05, 0) is 43.3 Å². The summed E-state index contributed by atoms with van der Waals surface area (Å²) in [5.74, 6) is 1.19. The van der Waals surface area contributed by atoms with Gasteiger partial charge in [-0.15, -0.1) is 11.8 Å². The van der Waals surface area contributed by atoms with E-state index in [1.807, 2.05) is 12.1 Å². The predicted molar refractivity (Wildman–Crippen MR) is 98.7 cm³/mol. The summed E-state index contributed by atoms with van der Waals surface area (Å²) in [4.78, 5) is 10.1. The fourth-order valence-electron chi connectivity index (χ4n) is 2.36. The maximum atomic E-state index is 6.00. The highest BCUT2D eigenvalue weighted by atomic mass is 32.2. The number of anilines is 2. The molecule has 1 aliphatic rings. The highest BCUT2D eigenvalue weighted by Gasteiger charge is 2.15. The van der Waals surface area contributed by atoms with Gasteiger partial charge in [0.2, 0.25) is 0 Å². The fourth-order valence-corrected chi connectivity index (χ4v) is 3.59. The molecule has 0 spiro atoms. The number of nitrogens with two attached hydrogens (primary N) is 1. The van der Waals surface area contributed by atoms with Gasteiger partial charge < -0.3 is 15.2 Å². The molecule has 1 saturated heterocycles. The molecule has 1 fully saturated rings. The number of hydrogen-bond donors (Lipinski definition) is 2. The minimum Gasteiger partial charge on any atom is -0.382 e. The Morgan fingerprint density at radius 3 is 2.91 bits per heavy atom. The van der Waals surface area contributed by atoms with E-state index in [2.05, 4.69) is 33.7 Å². The topological polar surface area (TPSA) is 73.1 Å². The predicted octanol–water partition coefficient (Wildman–Crippen LogP) is 3.69. The molecule has 7 heteroatoms. The maximum Gasteiger partial charge on any atom is 0.150 e. The summed E-state index contributed by atoms with van der Waals surface area (Å²) in [5.41, 5.74) is 7.70. The van der Waals surface area contributed by atoms with Gasteiger partial charge in [0, 0.05) is 22.3 Å². The minimum absolute atomic E-state index is 0.447. The van der Waals surface area contributed by atoms with E-state index in [1.165, 1.54) is 4.90 Å². The molecule has 1 aliphatic heterocycles. The van der Waals surface area contributed by atoms with Crippen molar-refractivity contribution in [3.8, 4) is 11.3 Å². The van der Waals surface area contributed by atoms with Gasteiger partial charge in [0.05, 0.1) is 12.8 Å². The van der Waals surface area contributed by atoms with Crippen LogP contribution in [0, 0.1) is 0 Å². The number of hydrogen-bond acceptors (Lipinski definition) is 7. The van der Waals surface area contributed by atoms with Crippen LogP contribution in [0.15, 0.2) is 35.4 Å². The average Bonchev–Trinajstić information content (AvgIpc) is 2.62. The summed E-state index contributed by atoms with van der Waals surface area (Å²) < 4.78 is 5.42. The van der Waals surface area contributed by atoms with Gasteiger partial charge in [-0.25, -0.2) is 9.97 Å². The molecular formula is C16H20N4OS2. The highest BCUT2D eigenvalue weighted by molar-refractivity contribution is 7.98. The first-order chi connectivity index (χ1) is 11.3. The summed E-state index contributed by atoms with van der Waals surface area (Å²) >= 11 is 3.26. The standard InChI is InChI=1S/C16H20N4OS2/c1-22-12-6-4-11(5-7-12)15-16(17)19-10-14(20-15)18-9-13-3-2-8-21-23-13/h4-7,10,13H,2-3,8-9H2,1H3,(H2,17,19)(H,18,20). The van der Waals surface area contributed by atoms with Crippen LogP contribution >= 0.6 is 23.8 Å². The molecule has 3 rings (SSSR count). The normalized spacial score (nSPS) is 17.9.